The summed E-state index contributed by atoms with van der Waals surface area (Å²) in [6.45, 7) is 3.08. The Morgan fingerprint density at radius 1 is 1.03 bits per heavy atom. The minimum absolute atomic E-state index is 0.198. The number of hydrogen-bond acceptors (Lipinski definition) is 4. The molecule has 1 aliphatic heterocycles. The summed E-state index contributed by atoms with van der Waals surface area (Å²) >= 11 is 0. The molecule has 0 aromatic heterocycles. The summed E-state index contributed by atoms with van der Waals surface area (Å²) in [5.41, 5.74) is 1.63. The smallest absolute Gasteiger partial charge is 0.321 e. The number of urea groups is 1. The highest BCUT2D eigenvalue weighted by Gasteiger charge is 2.30. The van der Waals surface area contributed by atoms with Gasteiger partial charge in [0.25, 0.3) is 5.91 Å². The molecule has 0 bridgehead atoms. The maximum Gasteiger partial charge on any atom is 0.321 e. The van der Waals surface area contributed by atoms with E-state index in [9.17, 15) is 14.4 Å². The fourth-order valence-electron chi connectivity index (χ4n) is 3.06. The van der Waals surface area contributed by atoms with E-state index in [-0.39, 0.29) is 18.5 Å². The molecule has 2 aromatic rings. The van der Waals surface area contributed by atoms with Crippen molar-refractivity contribution >= 4 is 29.3 Å². The van der Waals surface area contributed by atoms with Crippen LogP contribution in [0.5, 0.6) is 5.75 Å². The summed E-state index contributed by atoms with van der Waals surface area (Å²) in [6, 6.07) is 13.2. The number of carboxylic acid groups (broad SMARTS) is 1. The first-order valence-electron chi connectivity index (χ1n) is 9.39. The largest absolute Gasteiger partial charge is 0.494 e. The average Bonchev–Trinajstić information content (AvgIpc) is 3.21. The Labute approximate surface area is 168 Å². The van der Waals surface area contributed by atoms with Gasteiger partial charge in [-0.25, -0.2) is 4.79 Å². The van der Waals surface area contributed by atoms with Gasteiger partial charge < -0.3 is 25.4 Å². The second-order valence-corrected chi connectivity index (χ2v) is 6.69. The van der Waals surface area contributed by atoms with Crippen molar-refractivity contribution in [2.45, 2.75) is 13.3 Å². The number of carbonyl (C=O) groups is 3. The summed E-state index contributed by atoms with van der Waals surface area (Å²) in [6.07, 6.45) is 0.452. The van der Waals surface area contributed by atoms with Crippen molar-refractivity contribution in [1.82, 2.24) is 4.90 Å². The van der Waals surface area contributed by atoms with Crippen LogP contribution >= 0.6 is 0 Å². The highest BCUT2D eigenvalue weighted by molar-refractivity contribution is 6.04. The van der Waals surface area contributed by atoms with Gasteiger partial charge in [0.1, 0.15) is 5.75 Å². The number of benzene rings is 2. The zero-order chi connectivity index (χ0) is 20.8. The van der Waals surface area contributed by atoms with Gasteiger partial charge in [0, 0.05) is 30.0 Å². The molecule has 1 saturated heterocycles. The summed E-state index contributed by atoms with van der Waals surface area (Å²) in [7, 11) is 0. The van der Waals surface area contributed by atoms with E-state index in [1.807, 2.05) is 6.92 Å². The number of amides is 3. The standard InChI is InChI=1S/C21H23N3O5/c1-2-29-18-9-7-16(8-10-18)22-19(25)14-3-5-17(6-4-14)23-21(28)24-12-11-15(13-24)20(26)27/h3-10,15H,2,11-13H2,1H3,(H,22,25)(H,23,28)(H,26,27). The lowest BCUT2D eigenvalue weighted by molar-refractivity contribution is -0.141. The molecule has 3 amide bonds. The Bertz CT molecular complexity index is 880. The summed E-state index contributed by atoms with van der Waals surface area (Å²) in [4.78, 5) is 37.1. The molecule has 0 aliphatic carbocycles. The van der Waals surface area contributed by atoms with Crippen molar-refractivity contribution in [3.05, 3.63) is 54.1 Å². The normalized spacial score (nSPS) is 15.6. The molecule has 8 heteroatoms. The molecule has 1 aliphatic rings. The van der Waals surface area contributed by atoms with Crippen LogP contribution in [-0.2, 0) is 4.79 Å². The highest BCUT2D eigenvalue weighted by atomic mass is 16.5. The van der Waals surface area contributed by atoms with E-state index in [0.717, 1.165) is 5.75 Å². The quantitative estimate of drug-likeness (QED) is 0.693. The van der Waals surface area contributed by atoms with E-state index < -0.39 is 11.9 Å². The minimum atomic E-state index is -0.886. The van der Waals surface area contributed by atoms with Crippen LogP contribution in [0.25, 0.3) is 0 Å². The number of aliphatic carboxylic acids is 1. The Morgan fingerprint density at radius 3 is 2.24 bits per heavy atom. The minimum Gasteiger partial charge on any atom is -0.494 e. The maximum atomic E-state index is 12.4. The van der Waals surface area contributed by atoms with Crippen molar-refractivity contribution in [2.75, 3.05) is 30.3 Å². The van der Waals surface area contributed by atoms with Crippen molar-refractivity contribution in [1.29, 1.82) is 0 Å². The zero-order valence-corrected chi connectivity index (χ0v) is 16.1. The van der Waals surface area contributed by atoms with Gasteiger partial charge in [-0.05, 0) is 61.9 Å². The van der Waals surface area contributed by atoms with Gasteiger partial charge in [-0.3, -0.25) is 9.59 Å². The summed E-state index contributed by atoms with van der Waals surface area (Å²) in [5.74, 6) is -0.938. The third-order valence-corrected chi connectivity index (χ3v) is 4.65. The van der Waals surface area contributed by atoms with Crippen LogP contribution in [0, 0.1) is 5.92 Å². The van der Waals surface area contributed by atoms with Gasteiger partial charge in [0.05, 0.1) is 12.5 Å². The van der Waals surface area contributed by atoms with E-state index in [2.05, 4.69) is 10.6 Å². The molecule has 3 rings (SSSR count). The first-order chi connectivity index (χ1) is 14.0. The first-order valence-corrected chi connectivity index (χ1v) is 9.39. The van der Waals surface area contributed by atoms with E-state index in [4.69, 9.17) is 9.84 Å². The Kier molecular flexibility index (Phi) is 6.33. The van der Waals surface area contributed by atoms with E-state index in [0.29, 0.717) is 36.5 Å². The Hall–Kier alpha value is -3.55. The molecular weight excluding hydrogens is 374 g/mol. The number of carbonyl (C=O) groups excluding carboxylic acids is 2. The molecule has 29 heavy (non-hydrogen) atoms. The highest BCUT2D eigenvalue weighted by Crippen LogP contribution is 2.19. The van der Waals surface area contributed by atoms with Gasteiger partial charge in [-0.2, -0.15) is 0 Å². The van der Waals surface area contributed by atoms with Crippen LogP contribution in [-0.4, -0.2) is 47.6 Å². The molecule has 1 heterocycles. The monoisotopic (exact) mass is 397 g/mol. The molecule has 0 radical (unpaired) electrons. The fourth-order valence-corrected chi connectivity index (χ4v) is 3.06. The second kappa shape index (κ2) is 9.09. The molecule has 0 saturated carbocycles. The first kappa shape index (κ1) is 20.2. The molecular formula is C21H23N3O5. The maximum absolute atomic E-state index is 12.4. The SMILES string of the molecule is CCOc1ccc(NC(=O)c2ccc(NC(=O)N3CCC(C(=O)O)C3)cc2)cc1. The molecule has 152 valence electrons. The third-order valence-electron chi connectivity index (χ3n) is 4.65. The van der Waals surface area contributed by atoms with Crippen LogP contribution in [0.1, 0.15) is 23.7 Å². The van der Waals surface area contributed by atoms with Crippen molar-refractivity contribution in [2.24, 2.45) is 5.92 Å². The Balaban J connectivity index is 1.54. The van der Waals surface area contributed by atoms with Crippen molar-refractivity contribution in [3.63, 3.8) is 0 Å². The van der Waals surface area contributed by atoms with E-state index in [1.165, 1.54) is 4.90 Å². The summed E-state index contributed by atoms with van der Waals surface area (Å²) < 4.78 is 5.37. The molecule has 2 aromatic carbocycles. The van der Waals surface area contributed by atoms with Crippen LogP contribution in [0.4, 0.5) is 16.2 Å². The number of hydrogen-bond donors (Lipinski definition) is 3. The third kappa shape index (κ3) is 5.25. The molecule has 1 fully saturated rings. The zero-order valence-electron chi connectivity index (χ0n) is 16.1. The molecule has 3 N–H and O–H groups in total. The number of likely N-dealkylation sites (tertiary alicyclic amines) is 1. The molecule has 0 spiro atoms. The number of rotatable bonds is 6. The molecule has 1 atom stereocenters. The number of anilines is 2. The fraction of sp³-hybridized carbons (Fsp3) is 0.286. The predicted octanol–water partition coefficient (Wildman–Crippen LogP) is 3.28. The van der Waals surface area contributed by atoms with Gasteiger partial charge in [-0.15, -0.1) is 0 Å². The van der Waals surface area contributed by atoms with Gasteiger partial charge in [0.2, 0.25) is 0 Å². The van der Waals surface area contributed by atoms with Crippen LogP contribution < -0.4 is 15.4 Å². The molecule has 1 unspecified atom stereocenters. The topological polar surface area (TPSA) is 108 Å². The molecule has 8 nitrogen and oxygen atoms in total. The lowest BCUT2D eigenvalue weighted by Crippen LogP contribution is -2.33. The van der Waals surface area contributed by atoms with Crippen LogP contribution in [0.3, 0.4) is 0 Å². The van der Waals surface area contributed by atoms with Crippen molar-refractivity contribution in [3.8, 4) is 5.75 Å². The lowest BCUT2D eigenvalue weighted by Gasteiger charge is -2.16. The number of carboxylic acids is 1. The van der Waals surface area contributed by atoms with Gasteiger partial charge >= 0.3 is 12.0 Å². The van der Waals surface area contributed by atoms with Gasteiger partial charge in [-0.1, -0.05) is 0 Å². The summed E-state index contributed by atoms with van der Waals surface area (Å²) in [5, 5.41) is 14.6. The van der Waals surface area contributed by atoms with Crippen molar-refractivity contribution < 1.29 is 24.2 Å². The second-order valence-electron chi connectivity index (χ2n) is 6.69. The van der Waals surface area contributed by atoms with Gasteiger partial charge in [0.15, 0.2) is 0 Å². The number of ether oxygens (including phenoxy) is 1. The predicted molar refractivity (Wildman–Crippen MR) is 108 cm³/mol. The van der Waals surface area contributed by atoms with Crippen LogP contribution in [0.2, 0.25) is 0 Å². The number of nitrogens with zero attached hydrogens (tertiary/aromatic N) is 1. The van der Waals surface area contributed by atoms with Crippen LogP contribution in [0.15, 0.2) is 48.5 Å². The lowest BCUT2D eigenvalue weighted by atomic mass is 10.1. The Morgan fingerprint density at radius 2 is 1.66 bits per heavy atom. The van der Waals surface area contributed by atoms with E-state index >= 15 is 0 Å². The number of nitrogens with one attached hydrogen (secondary N) is 2. The van der Waals surface area contributed by atoms with E-state index in [1.54, 1.807) is 48.5 Å². The average molecular weight is 397 g/mol.